The molecule has 0 saturated heterocycles. The number of aromatic nitrogens is 3. The highest BCUT2D eigenvalue weighted by atomic mass is 16.5. The zero-order chi connectivity index (χ0) is 18.4. The Labute approximate surface area is 152 Å². The topological polar surface area (TPSA) is 98.1 Å². The number of ether oxygens (including phenoxy) is 1. The summed E-state index contributed by atoms with van der Waals surface area (Å²) >= 11 is 0. The zero-order valence-electron chi connectivity index (χ0n) is 15.0. The van der Waals surface area contributed by atoms with Crippen molar-refractivity contribution in [1.29, 1.82) is 0 Å². The van der Waals surface area contributed by atoms with Gasteiger partial charge in [0.25, 0.3) is 0 Å². The molecule has 1 saturated carbocycles. The van der Waals surface area contributed by atoms with Gasteiger partial charge < -0.3 is 19.9 Å². The van der Waals surface area contributed by atoms with Gasteiger partial charge in [0.05, 0.1) is 6.61 Å². The number of pyridine rings is 1. The van der Waals surface area contributed by atoms with Gasteiger partial charge in [-0.3, -0.25) is 4.79 Å². The maximum absolute atomic E-state index is 11.8. The number of nitrogens with one attached hydrogen (secondary N) is 2. The molecule has 0 aliphatic heterocycles. The first kappa shape index (κ1) is 18.2. The summed E-state index contributed by atoms with van der Waals surface area (Å²) in [4.78, 5) is 32.2. The minimum absolute atomic E-state index is 0.135. The minimum Gasteiger partial charge on any atom is -0.465 e. The summed E-state index contributed by atoms with van der Waals surface area (Å²) in [7, 11) is 0. The van der Waals surface area contributed by atoms with Crippen LogP contribution in [0, 0.1) is 0 Å². The van der Waals surface area contributed by atoms with Gasteiger partial charge in [-0.15, -0.1) is 0 Å². The van der Waals surface area contributed by atoms with Crippen LogP contribution in [0.5, 0.6) is 0 Å². The number of hydrogen-bond acceptors (Lipinski definition) is 5. The molecule has 1 aliphatic rings. The van der Waals surface area contributed by atoms with Gasteiger partial charge in [-0.05, 0) is 31.9 Å². The highest BCUT2D eigenvalue weighted by molar-refractivity contribution is 5.80. The van der Waals surface area contributed by atoms with E-state index in [4.69, 9.17) is 9.72 Å². The molecule has 1 aliphatic carbocycles. The number of carbonyl (C=O) groups excluding carboxylic acids is 2. The molecule has 2 N–H and O–H groups in total. The lowest BCUT2D eigenvalue weighted by atomic mass is 10.2. The molecule has 0 aromatic carbocycles. The van der Waals surface area contributed by atoms with Crippen molar-refractivity contribution in [2.75, 3.05) is 19.7 Å². The molecule has 2 amide bonds. The highest BCUT2D eigenvalue weighted by Gasteiger charge is 2.23. The van der Waals surface area contributed by atoms with Crippen molar-refractivity contribution in [2.24, 2.45) is 0 Å². The van der Waals surface area contributed by atoms with E-state index in [-0.39, 0.29) is 12.6 Å². The van der Waals surface area contributed by atoms with Crippen LogP contribution in [0.3, 0.4) is 0 Å². The summed E-state index contributed by atoms with van der Waals surface area (Å²) in [5.74, 6) is 0.494. The van der Waals surface area contributed by atoms with Crippen LogP contribution < -0.4 is 10.6 Å². The van der Waals surface area contributed by atoms with E-state index >= 15 is 0 Å². The molecular formula is C18H25N5O3. The summed E-state index contributed by atoms with van der Waals surface area (Å²) in [6.07, 6.45) is 7.14. The Hall–Kier alpha value is -2.64. The van der Waals surface area contributed by atoms with Crippen molar-refractivity contribution in [1.82, 2.24) is 25.2 Å². The van der Waals surface area contributed by atoms with Gasteiger partial charge in [0.1, 0.15) is 17.9 Å². The SMILES string of the molecule is CCOC(=O)CNC(=O)NCCc1nc2cccnc2n1C1CCCC1. The van der Waals surface area contributed by atoms with Crippen LogP contribution >= 0.6 is 0 Å². The first-order valence-corrected chi connectivity index (χ1v) is 9.18. The molecule has 2 aromatic heterocycles. The molecule has 0 atom stereocenters. The van der Waals surface area contributed by atoms with E-state index in [1.165, 1.54) is 12.8 Å². The fraction of sp³-hybridized carbons (Fsp3) is 0.556. The Balaban J connectivity index is 1.59. The molecule has 0 radical (unpaired) electrons. The predicted octanol–water partition coefficient (Wildman–Crippen LogP) is 1.95. The van der Waals surface area contributed by atoms with Crippen LogP contribution in [0.25, 0.3) is 11.2 Å². The monoisotopic (exact) mass is 359 g/mol. The molecule has 0 unspecified atom stereocenters. The van der Waals surface area contributed by atoms with Crippen molar-refractivity contribution < 1.29 is 14.3 Å². The van der Waals surface area contributed by atoms with E-state index in [0.717, 1.165) is 29.8 Å². The molecule has 0 bridgehead atoms. The third-order valence-electron chi connectivity index (χ3n) is 4.54. The average molecular weight is 359 g/mol. The fourth-order valence-corrected chi connectivity index (χ4v) is 3.41. The van der Waals surface area contributed by atoms with Crippen molar-refractivity contribution in [3.05, 3.63) is 24.2 Å². The first-order chi connectivity index (χ1) is 12.7. The van der Waals surface area contributed by atoms with Crippen LogP contribution in [0.1, 0.15) is 44.5 Å². The van der Waals surface area contributed by atoms with E-state index in [2.05, 4.69) is 20.2 Å². The molecule has 140 valence electrons. The lowest BCUT2D eigenvalue weighted by Crippen LogP contribution is -2.40. The van der Waals surface area contributed by atoms with E-state index in [0.29, 0.717) is 25.6 Å². The van der Waals surface area contributed by atoms with E-state index in [9.17, 15) is 9.59 Å². The number of imidazole rings is 1. The van der Waals surface area contributed by atoms with E-state index in [1.54, 1.807) is 13.1 Å². The Morgan fingerprint density at radius 3 is 2.88 bits per heavy atom. The molecule has 8 heteroatoms. The van der Waals surface area contributed by atoms with Crippen LogP contribution in [0.2, 0.25) is 0 Å². The number of urea groups is 1. The standard InChI is InChI=1S/C18H25N5O3/c1-2-26-16(24)12-21-18(25)20-11-9-15-22-14-8-5-10-19-17(14)23(15)13-6-3-4-7-13/h5,8,10,13H,2-4,6-7,9,11-12H2,1H3,(H2,20,21,25). The van der Waals surface area contributed by atoms with Crippen molar-refractivity contribution in [2.45, 2.75) is 45.1 Å². The maximum atomic E-state index is 11.8. The second kappa shape index (κ2) is 8.64. The predicted molar refractivity (Wildman–Crippen MR) is 96.8 cm³/mol. The van der Waals surface area contributed by atoms with Gasteiger partial charge in [0, 0.05) is 25.2 Å². The van der Waals surface area contributed by atoms with Crippen molar-refractivity contribution >= 4 is 23.2 Å². The first-order valence-electron chi connectivity index (χ1n) is 9.18. The second-order valence-corrected chi connectivity index (χ2v) is 6.35. The molecule has 8 nitrogen and oxygen atoms in total. The summed E-state index contributed by atoms with van der Waals surface area (Å²) < 4.78 is 7.01. The Morgan fingerprint density at radius 1 is 1.31 bits per heavy atom. The minimum atomic E-state index is -0.447. The third-order valence-corrected chi connectivity index (χ3v) is 4.54. The van der Waals surface area contributed by atoms with Gasteiger partial charge in [0.2, 0.25) is 0 Å². The number of carbonyl (C=O) groups is 2. The zero-order valence-corrected chi connectivity index (χ0v) is 15.0. The largest absolute Gasteiger partial charge is 0.465 e. The number of hydrogen-bond donors (Lipinski definition) is 2. The molecule has 26 heavy (non-hydrogen) atoms. The molecular weight excluding hydrogens is 334 g/mol. The highest BCUT2D eigenvalue weighted by Crippen LogP contribution is 2.33. The van der Waals surface area contributed by atoms with Crippen LogP contribution in [-0.4, -0.2) is 46.2 Å². The third kappa shape index (κ3) is 4.30. The Morgan fingerprint density at radius 2 is 2.12 bits per heavy atom. The Bertz CT molecular complexity index is 767. The molecule has 2 aromatic rings. The summed E-state index contributed by atoms with van der Waals surface area (Å²) in [6.45, 7) is 2.33. The molecule has 0 spiro atoms. The average Bonchev–Trinajstić information content (AvgIpc) is 3.27. The number of nitrogens with zero attached hydrogens (tertiary/aromatic N) is 3. The van der Waals surface area contributed by atoms with Crippen LogP contribution in [0.15, 0.2) is 18.3 Å². The molecule has 2 heterocycles. The van der Waals surface area contributed by atoms with Crippen LogP contribution in [0.4, 0.5) is 4.79 Å². The normalized spacial score (nSPS) is 14.5. The number of rotatable bonds is 7. The second-order valence-electron chi connectivity index (χ2n) is 6.35. The van der Waals surface area contributed by atoms with Gasteiger partial charge in [-0.2, -0.15) is 0 Å². The summed E-state index contributed by atoms with van der Waals surface area (Å²) in [5.41, 5.74) is 1.81. The van der Waals surface area contributed by atoms with Gasteiger partial charge in [0.15, 0.2) is 5.65 Å². The maximum Gasteiger partial charge on any atom is 0.325 e. The van der Waals surface area contributed by atoms with Crippen LogP contribution in [-0.2, 0) is 16.0 Å². The summed E-state index contributed by atoms with van der Waals surface area (Å²) in [5, 5.41) is 5.24. The quantitative estimate of drug-likeness (QED) is 0.736. The number of amides is 2. The number of fused-ring (bicyclic) bond motifs is 1. The van der Waals surface area contributed by atoms with Gasteiger partial charge in [-0.25, -0.2) is 14.8 Å². The molecule has 1 fully saturated rings. The van der Waals surface area contributed by atoms with Crippen molar-refractivity contribution in [3.63, 3.8) is 0 Å². The number of esters is 1. The Kier molecular flexibility index (Phi) is 6.04. The van der Waals surface area contributed by atoms with Gasteiger partial charge >= 0.3 is 12.0 Å². The lowest BCUT2D eigenvalue weighted by molar-refractivity contribution is -0.141. The fourth-order valence-electron chi connectivity index (χ4n) is 3.41. The lowest BCUT2D eigenvalue weighted by Gasteiger charge is -2.16. The summed E-state index contributed by atoms with van der Waals surface area (Å²) in [6, 6.07) is 3.90. The van der Waals surface area contributed by atoms with Crippen molar-refractivity contribution in [3.8, 4) is 0 Å². The molecule has 3 rings (SSSR count). The van der Waals surface area contributed by atoms with E-state index in [1.807, 2.05) is 12.1 Å². The van der Waals surface area contributed by atoms with Gasteiger partial charge in [-0.1, -0.05) is 12.8 Å². The van der Waals surface area contributed by atoms with E-state index < -0.39 is 5.97 Å². The smallest absolute Gasteiger partial charge is 0.325 e.